The number of hydrogen-bond donors (Lipinski definition) is 3. The smallest absolute Gasteiger partial charge is 0.335 e. The Morgan fingerprint density at radius 3 is 2.55 bits per heavy atom. The molecule has 31 heavy (non-hydrogen) atoms. The quantitative estimate of drug-likeness (QED) is 0.455. The van der Waals surface area contributed by atoms with Crippen LogP contribution in [0, 0.1) is 6.92 Å². The zero-order valence-electron chi connectivity index (χ0n) is 18.0. The number of para-hydroxylation sites is 1. The zero-order chi connectivity index (χ0) is 22.5. The van der Waals surface area contributed by atoms with Crippen LogP contribution in [-0.2, 0) is 0 Å². The van der Waals surface area contributed by atoms with Crippen LogP contribution in [0.3, 0.4) is 0 Å². The van der Waals surface area contributed by atoms with Gasteiger partial charge in [0, 0.05) is 45.5 Å². The Hall–Kier alpha value is -2.98. The van der Waals surface area contributed by atoms with Crippen LogP contribution in [0.2, 0.25) is 0 Å². The van der Waals surface area contributed by atoms with E-state index in [9.17, 15) is 14.7 Å². The Labute approximate surface area is 186 Å². The second kappa shape index (κ2) is 9.88. The van der Waals surface area contributed by atoms with E-state index in [-0.39, 0.29) is 5.56 Å². The van der Waals surface area contributed by atoms with Crippen LogP contribution in [0.5, 0.6) is 5.88 Å². The molecule has 1 fully saturated rings. The highest BCUT2D eigenvalue weighted by molar-refractivity contribution is 7.80. The molecule has 0 bridgehead atoms. The van der Waals surface area contributed by atoms with Crippen molar-refractivity contribution in [1.29, 1.82) is 0 Å². The monoisotopic (exact) mass is 444 g/mol. The number of H-pyrrole nitrogens is 1. The van der Waals surface area contributed by atoms with E-state index in [0.29, 0.717) is 17.9 Å². The molecule has 2 heterocycles. The summed E-state index contributed by atoms with van der Waals surface area (Å²) in [6, 6.07) is 7.15. The largest absolute Gasteiger partial charge is 0.493 e. The summed E-state index contributed by atoms with van der Waals surface area (Å²) in [5, 5.41) is 14.5. The van der Waals surface area contributed by atoms with Gasteiger partial charge in [0.15, 0.2) is 5.11 Å². The second-order valence-electron chi connectivity index (χ2n) is 7.43. The van der Waals surface area contributed by atoms with Crippen LogP contribution < -0.4 is 16.6 Å². The fourth-order valence-electron chi connectivity index (χ4n) is 3.66. The van der Waals surface area contributed by atoms with Crippen molar-refractivity contribution in [3.63, 3.8) is 0 Å². The first-order valence-corrected chi connectivity index (χ1v) is 10.6. The molecule has 1 aromatic heterocycles. The maximum Gasteiger partial charge on any atom is 0.335 e. The third-order valence-corrected chi connectivity index (χ3v) is 5.91. The summed E-state index contributed by atoms with van der Waals surface area (Å²) in [7, 11) is 1.82. The van der Waals surface area contributed by atoms with Crippen LogP contribution in [-0.4, -0.2) is 81.6 Å². The minimum atomic E-state index is -0.689. The SMILES string of the molecule is CNC(=S)N1CCN(CCN=C(C)c2c(O)n(-c3ccccc3C)c(=O)[nH]c2=O)CC1. The van der Waals surface area contributed by atoms with Crippen molar-refractivity contribution in [2.75, 3.05) is 46.3 Å². The number of aliphatic imine (C=N–C) groups is 1. The number of rotatable bonds is 5. The maximum atomic E-state index is 12.4. The van der Waals surface area contributed by atoms with E-state index in [1.165, 1.54) is 0 Å². The van der Waals surface area contributed by atoms with Gasteiger partial charge in [-0.2, -0.15) is 0 Å². The van der Waals surface area contributed by atoms with E-state index in [0.717, 1.165) is 48.0 Å². The lowest BCUT2D eigenvalue weighted by Crippen LogP contribution is -2.51. The molecule has 1 aromatic carbocycles. The zero-order valence-corrected chi connectivity index (χ0v) is 18.8. The molecule has 3 N–H and O–H groups in total. The number of benzene rings is 1. The minimum Gasteiger partial charge on any atom is -0.493 e. The summed E-state index contributed by atoms with van der Waals surface area (Å²) in [4.78, 5) is 36.0. The molecule has 0 unspecified atom stereocenters. The molecule has 1 aliphatic heterocycles. The number of nitrogens with zero attached hydrogens (tertiary/aromatic N) is 4. The number of aromatic nitrogens is 2. The average molecular weight is 445 g/mol. The van der Waals surface area contributed by atoms with Gasteiger partial charge in [0.1, 0.15) is 5.56 Å². The van der Waals surface area contributed by atoms with Crippen molar-refractivity contribution in [3.8, 4) is 11.6 Å². The standard InChI is InChI=1S/C21H28N6O3S/c1-14-6-4-5-7-16(14)27-19(29)17(18(28)24-20(27)30)15(2)23-8-9-25-10-12-26(13-11-25)21(31)22-3/h4-7,29H,8-13H2,1-3H3,(H,22,31)(H,24,28,30). The molecule has 166 valence electrons. The number of thiocarbonyl (C=S) groups is 1. The molecule has 3 rings (SSSR count). The summed E-state index contributed by atoms with van der Waals surface area (Å²) < 4.78 is 1.11. The number of aryl methyl sites for hydroxylation is 1. The van der Waals surface area contributed by atoms with Gasteiger partial charge in [-0.05, 0) is 37.7 Å². The number of piperazine rings is 1. The van der Waals surface area contributed by atoms with E-state index < -0.39 is 17.1 Å². The molecule has 0 radical (unpaired) electrons. The van der Waals surface area contributed by atoms with Crippen molar-refractivity contribution >= 4 is 23.0 Å². The number of aromatic hydroxyl groups is 1. The predicted molar refractivity (Wildman–Crippen MR) is 126 cm³/mol. The average Bonchev–Trinajstić information content (AvgIpc) is 2.74. The summed E-state index contributed by atoms with van der Waals surface area (Å²) in [5.41, 5.74) is 0.355. The van der Waals surface area contributed by atoms with Crippen molar-refractivity contribution < 1.29 is 5.11 Å². The van der Waals surface area contributed by atoms with Crippen LogP contribution in [0.4, 0.5) is 0 Å². The van der Waals surface area contributed by atoms with Crippen LogP contribution in [0.15, 0.2) is 38.8 Å². The Morgan fingerprint density at radius 1 is 1.23 bits per heavy atom. The lowest BCUT2D eigenvalue weighted by molar-refractivity contribution is 0.186. The molecule has 0 saturated carbocycles. The minimum absolute atomic E-state index is 0.00652. The van der Waals surface area contributed by atoms with Crippen molar-refractivity contribution in [1.82, 2.24) is 24.7 Å². The van der Waals surface area contributed by atoms with Gasteiger partial charge >= 0.3 is 5.69 Å². The first-order valence-electron chi connectivity index (χ1n) is 10.2. The van der Waals surface area contributed by atoms with E-state index in [1.54, 1.807) is 19.1 Å². The lowest BCUT2D eigenvalue weighted by atomic mass is 10.1. The van der Waals surface area contributed by atoms with E-state index >= 15 is 0 Å². The van der Waals surface area contributed by atoms with Crippen LogP contribution in [0.1, 0.15) is 18.1 Å². The lowest BCUT2D eigenvalue weighted by Gasteiger charge is -2.35. The molecule has 1 saturated heterocycles. The third-order valence-electron chi connectivity index (χ3n) is 5.44. The highest BCUT2D eigenvalue weighted by Crippen LogP contribution is 2.19. The second-order valence-corrected chi connectivity index (χ2v) is 7.82. The fourth-order valence-corrected chi connectivity index (χ4v) is 3.84. The van der Waals surface area contributed by atoms with Gasteiger partial charge in [0.05, 0.1) is 12.2 Å². The van der Waals surface area contributed by atoms with Gasteiger partial charge < -0.3 is 15.3 Å². The number of hydrogen-bond acceptors (Lipinski definition) is 6. The van der Waals surface area contributed by atoms with Crippen LogP contribution in [0.25, 0.3) is 5.69 Å². The summed E-state index contributed by atoms with van der Waals surface area (Å²) in [5.74, 6) is -0.404. The Kier molecular flexibility index (Phi) is 7.24. The van der Waals surface area contributed by atoms with Gasteiger partial charge in [0.25, 0.3) is 5.56 Å². The molecule has 0 aliphatic carbocycles. The molecule has 9 nitrogen and oxygen atoms in total. The first-order chi connectivity index (χ1) is 14.8. The fraction of sp³-hybridized carbons (Fsp3) is 0.429. The van der Waals surface area contributed by atoms with Gasteiger partial charge in [-0.3, -0.25) is 19.7 Å². The molecular weight excluding hydrogens is 416 g/mol. The van der Waals surface area contributed by atoms with E-state index in [1.807, 2.05) is 26.1 Å². The van der Waals surface area contributed by atoms with Crippen molar-refractivity contribution in [2.45, 2.75) is 13.8 Å². The summed E-state index contributed by atoms with van der Waals surface area (Å²) >= 11 is 5.27. The van der Waals surface area contributed by atoms with Gasteiger partial charge in [0.2, 0.25) is 5.88 Å². The summed E-state index contributed by atoms with van der Waals surface area (Å²) in [6.45, 7) is 8.16. The Morgan fingerprint density at radius 2 is 1.90 bits per heavy atom. The molecule has 2 aromatic rings. The maximum absolute atomic E-state index is 12.4. The normalized spacial score (nSPS) is 15.2. The highest BCUT2D eigenvalue weighted by Gasteiger charge is 2.20. The predicted octanol–water partition coefficient (Wildman–Crippen LogP) is 0.471. The molecule has 0 spiro atoms. The number of aromatic amines is 1. The Bertz CT molecular complexity index is 1100. The topological polar surface area (TPSA) is 106 Å². The Balaban J connectivity index is 1.76. The van der Waals surface area contributed by atoms with E-state index in [2.05, 4.69) is 25.1 Å². The third kappa shape index (κ3) is 5.02. The molecule has 1 aliphatic rings. The highest BCUT2D eigenvalue weighted by atomic mass is 32.1. The van der Waals surface area contributed by atoms with Gasteiger partial charge in [-0.1, -0.05) is 18.2 Å². The van der Waals surface area contributed by atoms with Gasteiger partial charge in [-0.25, -0.2) is 9.36 Å². The van der Waals surface area contributed by atoms with Gasteiger partial charge in [-0.15, -0.1) is 0 Å². The molecule has 10 heteroatoms. The van der Waals surface area contributed by atoms with Crippen molar-refractivity contribution in [3.05, 3.63) is 56.2 Å². The molecule has 0 atom stereocenters. The van der Waals surface area contributed by atoms with Crippen molar-refractivity contribution in [2.24, 2.45) is 4.99 Å². The molecule has 0 amide bonds. The number of nitrogens with one attached hydrogen (secondary N) is 2. The van der Waals surface area contributed by atoms with Crippen LogP contribution >= 0.6 is 12.2 Å². The molecular formula is C21H28N6O3S. The summed E-state index contributed by atoms with van der Waals surface area (Å²) in [6.07, 6.45) is 0. The first kappa shape index (κ1) is 22.7. The van der Waals surface area contributed by atoms with E-state index in [4.69, 9.17) is 12.2 Å².